The van der Waals surface area contributed by atoms with E-state index in [4.69, 9.17) is 3.07 Å². The first-order chi connectivity index (χ1) is 11.0. The first-order valence-electron chi connectivity index (χ1n) is 6.57. The molecule has 23 heavy (non-hydrogen) atoms. The summed E-state index contributed by atoms with van der Waals surface area (Å²) in [6.07, 6.45) is -3.37. The van der Waals surface area contributed by atoms with Crippen molar-refractivity contribution in [1.29, 1.82) is 0 Å². The van der Waals surface area contributed by atoms with Crippen molar-refractivity contribution >= 4 is 37.1 Å². The van der Waals surface area contributed by atoms with Gasteiger partial charge in [-0.25, -0.2) is 0 Å². The second-order valence-electron chi connectivity index (χ2n) is 4.59. The van der Waals surface area contributed by atoms with Gasteiger partial charge in [-0.1, -0.05) is 0 Å². The molecule has 0 saturated heterocycles. The zero-order valence-electron chi connectivity index (χ0n) is 11.6. The minimum atomic E-state index is -5.00. The van der Waals surface area contributed by atoms with Crippen LogP contribution in [0.4, 0.5) is 13.2 Å². The van der Waals surface area contributed by atoms with Crippen LogP contribution in [0.25, 0.3) is 10.9 Å². The van der Waals surface area contributed by atoms with E-state index in [2.05, 4.69) is 4.98 Å². The Morgan fingerprint density at radius 2 is 1.65 bits per heavy atom. The summed E-state index contributed by atoms with van der Waals surface area (Å²) in [5.74, 6) is -2.14. The number of hydrogen-bond acceptors (Lipinski definition) is 2. The molecule has 0 bridgehead atoms. The van der Waals surface area contributed by atoms with Crippen molar-refractivity contribution in [2.75, 3.05) is 0 Å². The van der Waals surface area contributed by atoms with Gasteiger partial charge in [0, 0.05) is 0 Å². The van der Waals surface area contributed by atoms with E-state index in [0.717, 1.165) is 10.9 Å². The molecule has 0 saturated carbocycles. The third kappa shape index (κ3) is 3.34. The SMILES string of the molecule is O=C(OI(c1ccccc1)c1c[nH]c2ccccc12)C(F)(F)F. The molecule has 3 nitrogen and oxygen atoms in total. The van der Waals surface area contributed by atoms with Crippen LogP contribution in [-0.2, 0) is 7.86 Å². The molecule has 3 rings (SSSR count). The Morgan fingerprint density at radius 1 is 1.00 bits per heavy atom. The molecule has 1 heterocycles. The fourth-order valence-electron chi connectivity index (χ4n) is 2.02. The molecule has 7 heteroatoms. The molecule has 120 valence electrons. The summed E-state index contributed by atoms with van der Waals surface area (Å²) in [5.41, 5.74) is 0.795. The molecule has 0 aliphatic carbocycles. The molecule has 1 aromatic heterocycles. The molecule has 0 fully saturated rings. The van der Waals surface area contributed by atoms with Gasteiger partial charge in [-0.2, -0.15) is 0 Å². The second kappa shape index (κ2) is 6.23. The Bertz CT molecular complexity index is 830. The second-order valence-corrected chi connectivity index (χ2v) is 8.86. The van der Waals surface area contributed by atoms with Crippen molar-refractivity contribution in [3.8, 4) is 0 Å². The van der Waals surface area contributed by atoms with Crippen LogP contribution < -0.4 is 0 Å². The average Bonchev–Trinajstić information content (AvgIpc) is 2.96. The number of carbonyl (C=O) groups is 1. The van der Waals surface area contributed by atoms with Crippen LogP contribution in [0.2, 0.25) is 0 Å². The van der Waals surface area contributed by atoms with E-state index in [1.807, 2.05) is 12.1 Å². The van der Waals surface area contributed by atoms with Gasteiger partial charge in [0.1, 0.15) is 0 Å². The third-order valence-corrected chi connectivity index (χ3v) is 7.67. The number of para-hydroxylation sites is 1. The van der Waals surface area contributed by atoms with Crippen LogP contribution >= 0.6 is 20.2 Å². The summed E-state index contributed by atoms with van der Waals surface area (Å²) in [6.45, 7) is 0. The van der Waals surface area contributed by atoms with E-state index in [1.54, 1.807) is 48.7 Å². The molecule has 0 unspecified atom stereocenters. The van der Waals surface area contributed by atoms with Crippen LogP contribution in [-0.4, -0.2) is 17.1 Å². The maximum atomic E-state index is 12.6. The van der Waals surface area contributed by atoms with Gasteiger partial charge in [-0.05, 0) is 0 Å². The molecule has 2 aromatic carbocycles. The number of aromatic nitrogens is 1. The molecular weight excluding hydrogens is 422 g/mol. The van der Waals surface area contributed by atoms with Crippen LogP contribution in [0.3, 0.4) is 0 Å². The van der Waals surface area contributed by atoms with Gasteiger partial charge in [0.15, 0.2) is 0 Å². The van der Waals surface area contributed by atoms with E-state index < -0.39 is 32.4 Å². The van der Waals surface area contributed by atoms with Crippen LogP contribution in [0.5, 0.6) is 0 Å². The molecule has 0 atom stereocenters. The van der Waals surface area contributed by atoms with E-state index in [-0.39, 0.29) is 0 Å². The summed E-state index contributed by atoms with van der Waals surface area (Å²) >= 11 is -3.02. The Balaban J connectivity index is 2.07. The Kier molecular flexibility index (Phi) is 4.29. The van der Waals surface area contributed by atoms with Gasteiger partial charge in [-0.3, -0.25) is 0 Å². The van der Waals surface area contributed by atoms with Gasteiger partial charge in [-0.15, -0.1) is 0 Å². The van der Waals surface area contributed by atoms with E-state index in [0.29, 0.717) is 7.14 Å². The Morgan fingerprint density at radius 3 is 2.35 bits per heavy atom. The topological polar surface area (TPSA) is 42.1 Å². The molecule has 0 aliphatic heterocycles. The van der Waals surface area contributed by atoms with Crippen molar-refractivity contribution in [3.05, 3.63) is 67.9 Å². The predicted molar refractivity (Wildman–Crippen MR) is 88.3 cm³/mol. The average molecular weight is 433 g/mol. The van der Waals surface area contributed by atoms with Crippen molar-refractivity contribution in [2.24, 2.45) is 0 Å². The zero-order chi connectivity index (χ0) is 16.4. The number of nitrogens with one attached hydrogen (secondary N) is 1. The zero-order valence-corrected chi connectivity index (χ0v) is 13.8. The molecule has 0 spiro atoms. The maximum absolute atomic E-state index is 12.6. The van der Waals surface area contributed by atoms with Crippen molar-refractivity contribution in [2.45, 2.75) is 6.18 Å². The monoisotopic (exact) mass is 433 g/mol. The summed E-state index contributed by atoms with van der Waals surface area (Å²) in [4.78, 5) is 14.4. The van der Waals surface area contributed by atoms with Crippen molar-refractivity contribution in [1.82, 2.24) is 4.98 Å². The molecule has 0 radical (unpaired) electrons. The molecule has 0 aliphatic rings. The number of alkyl halides is 3. The number of benzene rings is 2. The number of halogens is 4. The van der Waals surface area contributed by atoms with Gasteiger partial charge in [0.2, 0.25) is 0 Å². The first kappa shape index (κ1) is 15.9. The minimum absolute atomic E-state index is 0.624. The van der Waals surface area contributed by atoms with E-state index in [9.17, 15) is 18.0 Å². The summed E-state index contributed by atoms with van der Waals surface area (Å²) in [5, 5.41) is 0.775. The summed E-state index contributed by atoms with van der Waals surface area (Å²) in [6, 6.07) is 15.8. The fraction of sp³-hybridized carbons (Fsp3) is 0.0625. The van der Waals surface area contributed by atoms with Crippen LogP contribution in [0.15, 0.2) is 60.8 Å². The van der Waals surface area contributed by atoms with Gasteiger partial charge in [0.05, 0.1) is 0 Å². The molecule has 3 aromatic rings. The Labute approximate surface area is 137 Å². The quantitative estimate of drug-likeness (QED) is 0.607. The van der Waals surface area contributed by atoms with Gasteiger partial charge >= 0.3 is 137 Å². The summed E-state index contributed by atoms with van der Waals surface area (Å²) < 4.78 is 44.1. The van der Waals surface area contributed by atoms with E-state index in [1.165, 1.54) is 0 Å². The normalized spacial score (nSPS) is 12.2. The van der Waals surface area contributed by atoms with E-state index >= 15 is 0 Å². The number of aromatic amines is 1. The fourth-order valence-corrected chi connectivity index (χ4v) is 6.34. The summed E-state index contributed by atoms with van der Waals surface area (Å²) in [7, 11) is 0. The van der Waals surface area contributed by atoms with Gasteiger partial charge in [0.25, 0.3) is 0 Å². The number of rotatable bonds is 3. The standard InChI is InChI=1S/C16H11F3INO2/c17-16(18,19)15(22)23-20(11-6-2-1-3-7-11)13-10-21-14-9-5-4-8-12(13)14/h1-10,21H. The van der Waals surface area contributed by atoms with Crippen LogP contribution in [0, 0.1) is 7.14 Å². The van der Waals surface area contributed by atoms with Crippen molar-refractivity contribution in [3.63, 3.8) is 0 Å². The van der Waals surface area contributed by atoms with Crippen LogP contribution in [0.1, 0.15) is 0 Å². The molecule has 0 amide bonds. The van der Waals surface area contributed by atoms with Gasteiger partial charge < -0.3 is 0 Å². The predicted octanol–water partition coefficient (Wildman–Crippen LogP) is 4.73. The number of fused-ring (bicyclic) bond motifs is 1. The Hall–Kier alpha value is -2.03. The number of H-pyrrole nitrogens is 1. The van der Waals surface area contributed by atoms with Crippen molar-refractivity contribution < 1.29 is 21.0 Å². The number of hydrogen-bond donors (Lipinski definition) is 1. The number of carbonyl (C=O) groups excluding carboxylic acids is 1. The third-order valence-electron chi connectivity index (χ3n) is 3.03. The first-order valence-corrected chi connectivity index (χ1v) is 9.61. The molecule has 1 N–H and O–H groups in total. The molecular formula is C16H11F3INO2.